The average Bonchev–Trinajstić information content (AvgIpc) is 3.07. The molecular weight excluding hydrogens is 278 g/mol. The lowest BCUT2D eigenvalue weighted by molar-refractivity contribution is 0.0828. The third-order valence-corrected chi connectivity index (χ3v) is 3.43. The summed E-state index contributed by atoms with van der Waals surface area (Å²) in [5, 5.41) is 30.8. The van der Waals surface area contributed by atoms with Crippen LogP contribution in [0.5, 0.6) is 0 Å². The van der Waals surface area contributed by atoms with Crippen LogP contribution in [0.2, 0.25) is 0 Å². The van der Waals surface area contributed by atoms with Crippen LogP contribution in [0, 0.1) is 0 Å². The molecule has 0 unspecified atom stereocenters. The number of rotatable bonds is 7. The number of aliphatic hydroxyl groups is 3. The van der Waals surface area contributed by atoms with Gasteiger partial charge >= 0.3 is 0 Å². The fourth-order valence-corrected chi connectivity index (χ4v) is 2.05. The SMILES string of the molecule is NNc1nc(NC(CO)(CO)CO)nc(N2CCCC2)n1. The molecule has 1 aromatic rings. The number of hydrogen-bond acceptors (Lipinski definition) is 10. The lowest BCUT2D eigenvalue weighted by Crippen LogP contribution is -2.49. The smallest absolute Gasteiger partial charge is 0.243 e. The summed E-state index contributed by atoms with van der Waals surface area (Å²) in [4.78, 5) is 14.5. The van der Waals surface area contributed by atoms with E-state index in [1.54, 1.807) is 0 Å². The molecular formula is C11H21N7O3. The first-order valence-electron chi connectivity index (χ1n) is 6.75. The number of nitrogens with one attached hydrogen (secondary N) is 2. The summed E-state index contributed by atoms with van der Waals surface area (Å²) >= 11 is 0. The number of nitrogens with two attached hydrogens (primary N) is 1. The van der Waals surface area contributed by atoms with Crippen LogP contribution in [0.4, 0.5) is 17.8 Å². The van der Waals surface area contributed by atoms with E-state index >= 15 is 0 Å². The largest absolute Gasteiger partial charge is 0.394 e. The second-order valence-corrected chi connectivity index (χ2v) is 5.00. The Balaban J connectivity index is 2.27. The summed E-state index contributed by atoms with van der Waals surface area (Å²) in [5.74, 6) is 6.10. The van der Waals surface area contributed by atoms with Crippen LogP contribution in [-0.2, 0) is 0 Å². The summed E-state index contributed by atoms with van der Waals surface area (Å²) in [6.07, 6.45) is 2.13. The van der Waals surface area contributed by atoms with Gasteiger partial charge in [0.2, 0.25) is 17.8 Å². The van der Waals surface area contributed by atoms with Gasteiger partial charge in [0.05, 0.1) is 19.8 Å². The number of anilines is 3. The fraction of sp³-hybridized carbons (Fsp3) is 0.727. The summed E-state index contributed by atoms with van der Waals surface area (Å²) in [6, 6.07) is 0. The molecule has 0 radical (unpaired) electrons. The zero-order valence-corrected chi connectivity index (χ0v) is 11.7. The van der Waals surface area contributed by atoms with E-state index in [-0.39, 0.29) is 11.9 Å². The van der Waals surface area contributed by atoms with Gasteiger partial charge in [-0.25, -0.2) is 5.84 Å². The number of nitrogens with zero attached hydrogens (tertiary/aromatic N) is 4. The van der Waals surface area contributed by atoms with Crippen LogP contribution in [0.3, 0.4) is 0 Å². The molecule has 21 heavy (non-hydrogen) atoms. The minimum Gasteiger partial charge on any atom is -0.394 e. The van der Waals surface area contributed by atoms with Crippen LogP contribution >= 0.6 is 0 Å². The highest BCUT2D eigenvalue weighted by molar-refractivity contribution is 5.45. The zero-order valence-electron chi connectivity index (χ0n) is 11.7. The Hall–Kier alpha value is -1.75. The van der Waals surface area contributed by atoms with Gasteiger partial charge in [-0.15, -0.1) is 0 Å². The molecule has 2 heterocycles. The van der Waals surface area contributed by atoms with Crippen molar-refractivity contribution < 1.29 is 15.3 Å². The number of aromatic nitrogens is 3. The molecule has 0 atom stereocenters. The lowest BCUT2D eigenvalue weighted by atomic mass is 10.0. The van der Waals surface area contributed by atoms with Crippen molar-refractivity contribution in [1.82, 2.24) is 15.0 Å². The van der Waals surface area contributed by atoms with Gasteiger partial charge in [-0.05, 0) is 12.8 Å². The first-order chi connectivity index (χ1) is 10.2. The second-order valence-electron chi connectivity index (χ2n) is 5.00. The maximum Gasteiger partial charge on any atom is 0.243 e. The van der Waals surface area contributed by atoms with E-state index in [0.29, 0.717) is 5.95 Å². The molecule has 1 saturated heterocycles. The van der Waals surface area contributed by atoms with E-state index in [2.05, 4.69) is 25.7 Å². The molecule has 0 spiro atoms. The molecule has 7 N–H and O–H groups in total. The number of hydrogen-bond donors (Lipinski definition) is 6. The topological polar surface area (TPSA) is 153 Å². The highest BCUT2D eigenvalue weighted by atomic mass is 16.3. The van der Waals surface area contributed by atoms with Crippen LogP contribution in [0.1, 0.15) is 12.8 Å². The van der Waals surface area contributed by atoms with Crippen molar-refractivity contribution in [3.63, 3.8) is 0 Å². The molecule has 1 aromatic heterocycles. The first kappa shape index (κ1) is 15.6. The third-order valence-electron chi connectivity index (χ3n) is 3.43. The van der Waals surface area contributed by atoms with Crippen molar-refractivity contribution >= 4 is 17.8 Å². The quantitative estimate of drug-likeness (QED) is 0.243. The molecule has 1 aliphatic heterocycles. The van der Waals surface area contributed by atoms with Gasteiger partial charge in [0.15, 0.2) is 0 Å². The highest BCUT2D eigenvalue weighted by Crippen LogP contribution is 2.20. The van der Waals surface area contributed by atoms with Crippen molar-refractivity contribution in [2.75, 3.05) is 48.6 Å². The van der Waals surface area contributed by atoms with Gasteiger partial charge in [0, 0.05) is 13.1 Å². The third kappa shape index (κ3) is 3.47. The Morgan fingerprint density at radius 3 is 2.10 bits per heavy atom. The van der Waals surface area contributed by atoms with Gasteiger partial charge in [0.25, 0.3) is 0 Å². The minimum absolute atomic E-state index is 0.122. The van der Waals surface area contributed by atoms with Crippen molar-refractivity contribution in [1.29, 1.82) is 0 Å². The predicted molar refractivity (Wildman–Crippen MR) is 76.7 cm³/mol. The normalized spacial score (nSPS) is 15.3. The molecule has 0 saturated carbocycles. The Morgan fingerprint density at radius 1 is 1.00 bits per heavy atom. The number of nitrogen functional groups attached to an aromatic ring is 1. The lowest BCUT2D eigenvalue weighted by Gasteiger charge is -2.29. The molecule has 118 valence electrons. The fourth-order valence-electron chi connectivity index (χ4n) is 2.05. The van der Waals surface area contributed by atoms with E-state index in [1.165, 1.54) is 0 Å². The summed E-state index contributed by atoms with van der Waals surface area (Å²) in [6.45, 7) is 0.263. The molecule has 2 rings (SSSR count). The van der Waals surface area contributed by atoms with E-state index in [1.807, 2.05) is 4.90 Å². The van der Waals surface area contributed by atoms with Crippen LogP contribution in [-0.4, -0.2) is 68.7 Å². The maximum absolute atomic E-state index is 9.34. The molecule has 0 amide bonds. The maximum atomic E-state index is 9.34. The standard InChI is InChI=1S/C11H21N7O3/c12-17-9-13-8(16-11(5-19,6-20)7-21)14-10(15-9)18-3-1-2-4-18/h19-21H,1-7,12H2,(H2,13,14,15,16,17). The molecule has 0 bridgehead atoms. The zero-order chi connectivity index (χ0) is 15.3. The Kier molecular flexibility index (Phi) is 5.07. The predicted octanol–water partition coefficient (Wildman–Crippen LogP) is -2.11. The minimum atomic E-state index is -1.31. The van der Waals surface area contributed by atoms with E-state index in [4.69, 9.17) is 5.84 Å². The molecule has 1 aliphatic rings. The van der Waals surface area contributed by atoms with E-state index in [0.717, 1.165) is 25.9 Å². The van der Waals surface area contributed by atoms with Crippen LogP contribution in [0.15, 0.2) is 0 Å². The van der Waals surface area contributed by atoms with Gasteiger partial charge < -0.3 is 25.5 Å². The van der Waals surface area contributed by atoms with Gasteiger partial charge in [0.1, 0.15) is 5.54 Å². The van der Waals surface area contributed by atoms with Crippen LogP contribution < -0.4 is 21.5 Å². The average molecular weight is 299 g/mol. The number of hydrazine groups is 1. The van der Waals surface area contributed by atoms with Gasteiger partial charge in [-0.1, -0.05) is 0 Å². The summed E-state index contributed by atoms with van der Waals surface area (Å²) in [5.41, 5.74) is 1.04. The van der Waals surface area contributed by atoms with E-state index in [9.17, 15) is 15.3 Å². The van der Waals surface area contributed by atoms with Crippen molar-refractivity contribution in [2.45, 2.75) is 18.4 Å². The molecule has 0 aliphatic carbocycles. The van der Waals surface area contributed by atoms with E-state index < -0.39 is 25.4 Å². The van der Waals surface area contributed by atoms with Gasteiger partial charge in [-0.2, -0.15) is 15.0 Å². The van der Waals surface area contributed by atoms with Crippen LogP contribution in [0.25, 0.3) is 0 Å². The Morgan fingerprint density at radius 2 is 1.57 bits per heavy atom. The molecule has 0 aromatic carbocycles. The van der Waals surface area contributed by atoms with Crippen molar-refractivity contribution in [2.24, 2.45) is 5.84 Å². The molecule has 1 fully saturated rings. The number of aliphatic hydroxyl groups excluding tert-OH is 3. The van der Waals surface area contributed by atoms with Crippen molar-refractivity contribution in [3.05, 3.63) is 0 Å². The summed E-state index contributed by atoms with van der Waals surface area (Å²) in [7, 11) is 0. The van der Waals surface area contributed by atoms with Gasteiger partial charge in [-0.3, -0.25) is 5.43 Å². The highest BCUT2D eigenvalue weighted by Gasteiger charge is 2.29. The molecule has 10 nitrogen and oxygen atoms in total. The Bertz CT molecular complexity index is 455. The van der Waals surface area contributed by atoms with Crippen molar-refractivity contribution in [3.8, 4) is 0 Å². The monoisotopic (exact) mass is 299 g/mol. The summed E-state index contributed by atoms with van der Waals surface area (Å²) < 4.78 is 0. The first-order valence-corrected chi connectivity index (χ1v) is 6.75. The second kappa shape index (κ2) is 6.80. The molecule has 10 heteroatoms. The Labute approximate surface area is 122 Å².